The van der Waals surface area contributed by atoms with Gasteiger partial charge in [0.15, 0.2) is 5.69 Å². The van der Waals surface area contributed by atoms with Crippen LogP contribution in [0.3, 0.4) is 0 Å². The first-order valence-corrected chi connectivity index (χ1v) is 8.72. The number of hydrogen-bond acceptors (Lipinski definition) is 5. The maximum Gasteiger partial charge on any atom is 0.358 e. The van der Waals surface area contributed by atoms with Crippen molar-refractivity contribution in [2.45, 2.75) is 45.2 Å². The lowest BCUT2D eigenvalue weighted by Crippen LogP contribution is -2.49. The third-order valence-corrected chi connectivity index (χ3v) is 5.30. The molecular weight excluding hydrogens is 310 g/mol. The summed E-state index contributed by atoms with van der Waals surface area (Å²) in [5, 5.41) is 12.4. The van der Waals surface area contributed by atoms with Crippen LogP contribution >= 0.6 is 0 Å². The second-order valence-corrected chi connectivity index (χ2v) is 6.91. The number of carboxylic acids is 1. The zero-order chi connectivity index (χ0) is 17.1. The number of ether oxygens (including phenoxy) is 1. The molecule has 2 fully saturated rings. The van der Waals surface area contributed by atoms with Crippen LogP contribution in [0.2, 0.25) is 0 Å². The predicted octanol–water partition coefficient (Wildman–Crippen LogP) is 1.54. The van der Waals surface area contributed by atoms with Crippen LogP contribution in [0, 0.1) is 17.8 Å². The summed E-state index contributed by atoms with van der Waals surface area (Å²) in [6, 6.07) is -0.409. The van der Waals surface area contributed by atoms with Gasteiger partial charge in [0.05, 0.1) is 12.9 Å². The molecule has 0 radical (unpaired) electrons. The Morgan fingerprint density at radius 2 is 2.21 bits per heavy atom. The number of fused-ring (bicyclic) bond motifs is 1. The average molecular weight is 335 g/mol. The second kappa shape index (κ2) is 7.34. The van der Waals surface area contributed by atoms with E-state index >= 15 is 0 Å². The Kier molecular flexibility index (Phi) is 5.18. The summed E-state index contributed by atoms with van der Waals surface area (Å²) in [5.74, 6) is 0.434. The van der Waals surface area contributed by atoms with Gasteiger partial charge in [0.2, 0.25) is 0 Å². The molecule has 0 spiro atoms. The molecule has 0 aromatic carbocycles. The monoisotopic (exact) mass is 335 g/mol. The van der Waals surface area contributed by atoms with Gasteiger partial charge >= 0.3 is 11.9 Å². The van der Waals surface area contributed by atoms with Gasteiger partial charge in [-0.25, -0.2) is 9.78 Å². The average Bonchev–Trinajstić information content (AvgIpc) is 3.03. The molecule has 132 valence electrons. The van der Waals surface area contributed by atoms with E-state index in [0.29, 0.717) is 36.5 Å². The number of hydrogen-bond donors (Lipinski definition) is 2. The standard InChI is InChI=1S/C17H25N3O4/c1-2-24-17(23)15-9-20(10-19-15)8-11-3-4-12-7-18-14(16(21)22)6-13(12)5-11/h9-14,18H,2-8H2,1H3,(H,21,22)/t11-,12-,13+,14-/m0/s1. The van der Waals surface area contributed by atoms with E-state index in [9.17, 15) is 14.7 Å². The van der Waals surface area contributed by atoms with Crippen LogP contribution in [0.25, 0.3) is 0 Å². The van der Waals surface area contributed by atoms with E-state index in [1.165, 1.54) is 0 Å². The van der Waals surface area contributed by atoms with Gasteiger partial charge in [-0.1, -0.05) is 0 Å². The first-order valence-electron chi connectivity index (χ1n) is 8.72. The van der Waals surface area contributed by atoms with Crippen LogP contribution in [0.15, 0.2) is 12.5 Å². The van der Waals surface area contributed by atoms with Crippen LogP contribution in [0.1, 0.15) is 43.1 Å². The van der Waals surface area contributed by atoms with Crippen molar-refractivity contribution in [3.8, 4) is 0 Å². The highest BCUT2D eigenvalue weighted by Crippen LogP contribution is 2.39. The van der Waals surface area contributed by atoms with Gasteiger partial charge in [-0.3, -0.25) is 4.79 Å². The molecule has 0 bridgehead atoms. The molecule has 1 aliphatic carbocycles. The van der Waals surface area contributed by atoms with Crippen LogP contribution in [0.5, 0.6) is 0 Å². The molecule has 1 aromatic rings. The molecule has 0 unspecified atom stereocenters. The molecule has 7 heteroatoms. The fourth-order valence-corrected chi connectivity index (χ4v) is 4.08. The lowest BCUT2D eigenvalue weighted by Gasteiger charge is -2.41. The summed E-state index contributed by atoms with van der Waals surface area (Å²) >= 11 is 0. The van der Waals surface area contributed by atoms with Gasteiger partial charge in [-0.05, 0) is 56.9 Å². The Labute approximate surface area is 141 Å². The highest BCUT2D eigenvalue weighted by Gasteiger charge is 2.37. The molecule has 1 saturated heterocycles. The zero-order valence-electron chi connectivity index (χ0n) is 14.0. The maximum absolute atomic E-state index is 11.7. The molecule has 0 amide bonds. The molecule has 1 aliphatic heterocycles. The molecule has 2 heterocycles. The Morgan fingerprint density at radius 1 is 1.38 bits per heavy atom. The number of imidazole rings is 1. The minimum absolute atomic E-state index is 0.343. The van der Waals surface area contributed by atoms with Crippen LogP contribution in [-0.4, -0.2) is 45.8 Å². The summed E-state index contributed by atoms with van der Waals surface area (Å²) in [6.45, 7) is 3.75. The number of aromatic nitrogens is 2. The molecule has 7 nitrogen and oxygen atoms in total. The zero-order valence-corrected chi connectivity index (χ0v) is 14.0. The molecule has 24 heavy (non-hydrogen) atoms. The topological polar surface area (TPSA) is 93.5 Å². The molecule has 4 atom stereocenters. The van der Waals surface area contributed by atoms with E-state index in [2.05, 4.69) is 10.3 Å². The van der Waals surface area contributed by atoms with Gasteiger partial charge in [0, 0.05) is 12.7 Å². The van der Waals surface area contributed by atoms with Crippen molar-refractivity contribution in [1.82, 2.24) is 14.9 Å². The van der Waals surface area contributed by atoms with Crippen molar-refractivity contribution in [2.75, 3.05) is 13.2 Å². The fraction of sp³-hybridized carbons (Fsp3) is 0.706. The number of nitrogens with zero attached hydrogens (tertiary/aromatic N) is 2. The predicted molar refractivity (Wildman–Crippen MR) is 86.5 cm³/mol. The number of carboxylic acid groups (broad SMARTS) is 1. The Hall–Kier alpha value is -1.89. The van der Waals surface area contributed by atoms with Crippen LogP contribution in [0.4, 0.5) is 0 Å². The Balaban J connectivity index is 1.57. The lowest BCUT2D eigenvalue weighted by molar-refractivity contribution is -0.141. The first kappa shape index (κ1) is 17.0. The smallest absolute Gasteiger partial charge is 0.358 e. The number of rotatable bonds is 5. The van der Waals surface area contributed by atoms with Crippen molar-refractivity contribution in [1.29, 1.82) is 0 Å². The van der Waals surface area contributed by atoms with Gasteiger partial charge < -0.3 is 19.7 Å². The Bertz CT molecular complexity index is 600. The van der Waals surface area contributed by atoms with Crippen molar-refractivity contribution in [2.24, 2.45) is 17.8 Å². The quantitative estimate of drug-likeness (QED) is 0.793. The Morgan fingerprint density at radius 3 is 2.96 bits per heavy atom. The number of aliphatic carboxylic acids is 1. The minimum Gasteiger partial charge on any atom is -0.480 e. The summed E-state index contributed by atoms with van der Waals surface area (Å²) in [7, 11) is 0. The van der Waals surface area contributed by atoms with Crippen molar-refractivity contribution < 1.29 is 19.4 Å². The minimum atomic E-state index is -0.746. The summed E-state index contributed by atoms with van der Waals surface area (Å²) in [6.07, 6.45) is 7.45. The van der Waals surface area contributed by atoms with Crippen LogP contribution in [-0.2, 0) is 16.1 Å². The van der Waals surface area contributed by atoms with E-state index in [0.717, 1.165) is 32.4 Å². The van der Waals surface area contributed by atoms with E-state index in [-0.39, 0.29) is 5.97 Å². The number of esters is 1. The number of carbonyl (C=O) groups excluding carboxylic acids is 1. The molecule has 2 aliphatic rings. The maximum atomic E-state index is 11.7. The fourth-order valence-electron chi connectivity index (χ4n) is 4.08. The second-order valence-electron chi connectivity index (χ2n) is 6.91. The number of piperidine rings is 1. The van der Waals surface area contributed by atoms with Crippen molar-refractivity contribution >= 4 is 11.9 Å². The van der Waals surface area contributed by atoms with Crippen molar-refractivity contribution in [3.05, 3.63) is 18.2 Å². The van der Waals surface area contributed by atoms with Crippen molar-refractivity contribution in [3.63, 3.8) is 0 Å². The van der Waals surface area contributed by atoms with Gasteiger partial charge in [0.1, 0.15) is 6.04 Å². The third-order valence-electron chi connectivity index (χ3n) is 5.30. The first-order chi connectivity index (χ1) is 11.6. The van der Waals surface area contributed by atoms with Gasteiger partial charge in [-0.2, -0.15) is 0 Å². The van der Waals surface area contributed by atoms with E-state index < -0.39 is 12.0 Å². The summed E-state index contributed by atoms with van der Waals surface area (Å²) in [4.78, 5) is 27.0. The molecule has 3 rings (SSSR count). The van der Waals surface area contributed by atoms with Crippen LogP contribution < -0.4 is 5.32 Å². The van der Waals surface area contributed by atoms with Gasteiger partial charge in [-0.15, -0.1) is 0 Å². The normalized spacial score (nSPS) is 29.7. The summed E-state index contributed by atoms with van der Waals surface area (Å²) < 4.78 is 6.91. The molecule has 1 saturated carbocycles. The SMILES string of the molecule is CCOC(=O)c1cn(C[C@H]2CC[C@H]3CN[C@H](C(=O)O)C[C@H]3C2)cn1. The lowest BCUT2D eigenvalue weighted by atomic mass is 9.69. The summed E-state index contributed by atoms with van der Waals surface area (Å²) in [5.41, 5.74) is 0.346. The molecular formula is C17H25N3O4. The largest absolute Gasteiger partial charge is 0.480 e. The third kappa shape index (κ3) is 3.77. The van der Waals surface area contributed by atoms with Gasteiger partial charge in [0.25, 0.3) is 0 Å². The number of carbonyl (C=O) groups is 2. The van der Waals surface area contributed by atoms with E-state index in [1.54, 1.807) is 19.4 Å². The highest BCUT2D eigenvalue weighted by atomic mass is 16.5. The van der Waals surface area contributed by atoms with E-state index in [1.807, 2.05) is 4.57 Å². The highest BCUT2D eigenvalue weighted by molar-refractivity contribution is 5.86. The van der Waals surface area contributed by atoms with E-state index in [4.69, 9.17) is 4.74 Å². The number of nitrogens with one attached hydrogen (secondary N) is 1. The molecule has 1 aromatic heterocycles. The molecule has 2 N–H and O–H groups in total.